The standard InChI is InChI=1S/C12H17NO2/c14-10-4-1-3-9(7-10)8-13-11-5-2-6-12(11)15/h1,3-4,7,11-15H,2,5-6,8H2. The van der Waals surface area contributed by atoms with Crippen molar-refractivity contribution in [1.29, 1.82) is 0 Å². The van der Waals surface area contributed by atoms with E-state index in [1.165, 1.54) is 0 Å². The van der Waals surface area contributed by atoms with Crippen LogP contribution in [-0.2, 0) is 6.54 Å². The molecule has 82 valence electrons. The first kappa shape index (κ1) is 10.5. The fourth-order valence-electron chi connectivity index (χ4n) is 2.09. The number of benzene rings is 1. The second-order valence-corrected chi connectivity index (χ2v) is 4.16. The van der Waals surface area contributed by atoms with E-state index in [2.05, 4.69) is 5.32 Å². The predicted molar refractivity (Wildman–Crippen MR) is 58.6 cm³/mol. The highest BCUT2D eigenvalue weighted by atomic mass is 16.3. The van der Waals surface area contributed by atoms with Gasteiger partial charge in [0.1, 0.15) is 5.75 Å². The lowest BCUT2D eigenvalue weighted by Gasteiger charge is -2.16. The van der Waals surface area contributed by atoms with Crippen molar-refractivity contribution in [3.05, 3.63) is 29.8 Å². The van der Waals surface area contributed by atoms with Crippen LogP contribution in [0.15, 0.2) is 24.3 Å². The Hall–Kier alpha value is -1.06. The Morgan fingerprint density at radius 1 is 1.33 bits per heavy atom. The van der Waals surface area contributed by atoms with E-state index in [1.807, 2.05) is 12.1 Å². The van der Waals surface area contributed by atoms with Crippen LogP contribution in [0, 0.1) is 0 Å². The molecule has 3 nitrogen and oxygen atoms in total. The quantitative estimate of drug-likeness (QED) is 0.702. The zero-order valence-electron chi connectivity index (χ0n) is 8.69. The maximum atomic E-state index is 9.61. The van der Waals surface area contributed by atoms with Crippen LogP contribution in [0.5, 0.6) is 5.75 Å². The van der Waals surface area contributed by atoms with Gasteiger partial charge in [0.05, 0.1) is 6.10 Å². The largest absolute Gasteiger partial charge is 0.508 e. The molecule has 1 saturated carbocycles. The smallest absolute Gasteiger partial charge is 0.115 e. The number of phenolic OH excluding ortho intramolecular Hbond substituents is 1. The van der Waals surface area contributed by atoms with Crippen molar-refractivity contribution in [2.75, 3.05) is 0 Å². The highest BCUT2D eigenvalue weighted by Crippen LogP contribution is 2.19. The van der Waals surface area contributed by atoms with Gasteiger partial charge < -0.3 is 15.5 Å². The second kappa shape index (κ2) is 4.64. The highest BCUT2D eigenvalue weighted by Gasteiger charge is 2.24. The van der Waals surface area contributed by atoms with Crippen LogP contribution in [0.1, 0.15) is 24.8 Å². The van der Waals surface area contributed by atoms with Crippen molar-refractivity contribution in [2.24, 2.45) is 0 Å². The van der Waals surface area contributed by atoms with Crippen molar-refractivity contribution in [2.45, 2.75) is 38.0 Å². The molecule has 0 radical (unpaired) electrons. The van der Waals surface area contributed by atoms with Gasteiger partial charge in [0, 0.05) is 12.6 Å². The van der Waals surface area contributed by atoms with Gasteiger partial charge in [-0.1, -0.05) is 12.1 Å². The maximum Gasteiger partial charge on any atom is 0.115 e. The molecule has 0 bridgehead atoms. The lowest BCUT2D eigenvalue weighted by Crippen LogP contribution is -2.34. The fraction of sp³-hybridized carbons (Fsp3) is 0.500. The summed E-state index contributed by atoms with van der Waals surface area (Å²) >= 11 is 0. The van der Waals surface area contributed by atoms with Gasteiger partial charge in [-0.2, -0.15) is 0 Å². The van der Waals surface area contributed by atoms with Crippen LogP contribution >= 0.6 is 0 Å². The average Bonchev–Trinajstić information content (AvgIpc) is 2.61. The number of hydrogen-bond acceptors (Lipinski definition) is 3. The van der Waals surface area contributed by atoms with E-state index in [0.29, 0.717) is 12.3 Å². The molecule has 0 aromatic heterocycles. The van der Waals surface area contributed by atoms with Crippen LogP contribution < -0.4 is 5.32 Å². The van der Waals surface area contributed by atoms with Gasteiger partial charge in [0.15, 0.2) is 0 Å². The highest BCUT2D eigenvalue weighted by molar-refractivity contribution is 5.26. The molecule has 2 rings (SSSR count). The Morgan fingerprint density at radius 2 is 2.20 bits per heavy atom. The molecule has 1 aliphatic carbocycles. The van der Waals surface area contributed by atoms with Gasteiger partial charge in [0.25, 0.3) is 0 Å². The zero-order valence-corrected chi connectivity index (χ0v) is 8.69. The number of nitrogens with one attached hydrogen (secondary N) is 1. The second-order valence-electron chi connectivity index (χ2n) is 4.16. The summed E-state index contributed by atoms with van der Waals surface area (Å²) in [6, 6.07) is 7.42. The summed E-state index contributed by atoms with van der Waals surface area (Å²) in [7, 11) is 0. The molecule has 1 aromatic carbocycles. The molecule has 0 spiro atoms. The van der Waals surface area contributed by atoms with Gasteiger partial charge in [-0.05, 0) is 37.0 Å². The molecule has 1 aromatic rings. The van der Waals surface area contributed by atoms with Gasteiger partial charge in [-0.15, -0.1) is 0 Å². The van der Waals surface area contributed by atoms with Crippen LogP contribution in [-0.4, -0.2) is 22.4 Å². The summed E-state index contributed by atoms with van der Waals surface area (Å²) in [5.74, 6) is 0.293. The molecular weight excluding hydrogens is 190 g/mol. The first-order valence-electron chi connectivity index (χ1n) is 5.45. The molecule has 0 aliphatic heterocycles. The minimum atomic E-state index is -0.206. The number of rotatable bonds is 3. The summed E-state index contributed by atoms with van der Waals surface area (Å²) in [4.78, 5) is 0. The van der Waals surface area contributed by atoms with Crippen molar-refractivity contribution >= 4 is 0 Å². The third-order valence-corrected chi connectivity index (χ3v) is 2.96. The molecule has 2 unspecified atom stereocenters. The Labute approximate surface area is 89.8 Å². The average molecular weight is 207 g/mol. The van der Waals surface area contributed by atoms with Crippen molar-refractivity contribution < 1.29 is 10.2 Å². The number of hydrogen-bond donors (Lipinski definition) is 3. The van der Waals surface area contributed by atoms with Crippen molar-refractivity contribution in [3.63, 3.8) is 0 Å². The Balaban J connectivity index is 1.87. The third-order valence-electron chi connectivity index (χ3n) is 2.96. The summed E-state index contributed by atoms with van der Waals surface area (Å²) in [5.41, 5.74) is 1.05. The molecule has 0 amide bonds. The van der Waals surface area contributed by atoms with Crippen molar-refractivity contribution in [1.82, 2.24) is 5.32 Å². The first-order valence-corrected chi connectivity index (χ1v) is 5.45. The number of phenols is 1. The topological polar surface area (TPSA) is 52.5 Å². The molecule has 0 saturated heterocycles. The van der Waals surface area contributed by atoms with Gasteiger partial charge >= 0.3 is 0 Å². The van der Waals surface area contributed by atoms with E-state index in [4.69, 9.17) is 0 Å². The Morgan fingerprint density at radius 3 is 2.87 bits per heavy atom. The molecular formula is C12H17NO2. The molecule has 3 N–H and O–H groups in total. The van der Waals surface area contributed by atoms with Crippen LogP contribution in [0.3, 0.4) is 0 Å². The SMILES string of the molecule is Oc1cccc(CNC2CCCC2O)c1. The number of aromatic hydroxyl groups is 1. The summed E-state index contributed by atoms with van der Waals surface area (Å²) in [6.45, 7) is 0.704. The van der Waals surface area contributed by atoms with Gasteiger partial charge in [-0.25, -0.2) is 0 Å². The minimum absolute atomic E-state index is 0.206. The van der Waals surface area contributed by atoms with E-state index in [1.54, 1.807) is 12.1 Å². The molecule has 3 heteroatoms. The lowest BCUT2D eigenvalue weighted by atomic mass is 10.1. The van der Waals surface area contributed by atoms with Gasteiger partial charge in [0.2, 0.25) is 0 Å². The number of aliphatic hydroxyl groups excluding tert-OH is 1. The van der Waals surface area contributed by atoms with Crippen molar-refractivity contribution in [3.8, 4) is 5.75 Å². The molecule has 2 atom stereocenters. The zero-order chi connectivity index (χ0) is 10.7. The molecule has 1 fully saturated rings. The third kappa shape index (κ3) is 2.70. The normalized spacial score (nSPS) is 25.7. The van der Waals surface area contributed by atoms with E-state index in [-0.39, 0.29) is 12.1 Å². The van der Waals surface area contributed by atoms with E-state index in [0.717, 1.165) is 24.8 Å². The molecule has 1 aliphatic rings. The first-order chi connectivity index (χ1) is 7.25. The fourth-order valence-corrected chi connectivity index (χ4v) is 2.09. The van der Waals surface area contributed by atoms with Crippen LogP contribution in [0.4, 0.5) is 0 Å². The predicted octanol–water partition coefficient (Wildman–Crippen LogP) is 1.40. The summed E-state index contributed by atoms with van der Waals surface area (Å²) in [6.07, 6.45) is 2.83. The molecule has 15 heavy (non-hydrogen) atoms. The Kier molecular flexibility index (Phi) is 3.23. The maximum absolute atomic E-state index is 9.61. The number of aliphatic hydroxyl groups is 1. The van der Waals surface area contributed by atoms with E-state index in [9.17, 15) is 10.2 Å². The molecule has 0 heterocycles. The van der Waals surface area contributed by atoms with E-state index < -0.39 is 0 Å². The van der Waals surface area contributed by atoms with Crippen LogP contribution in [0.25, 0.3) is 0 Å². The minimum Gasteiger partial charge on any atom is -0.508 e. The van der Waals surface area contributed by atoms with Crippen LogP contribution in [0.2, 0.25) is 0 Å². The lowest BCUT2D eigenvalue weighted by molar-refractivity contribution is 0.148. The van der Waals surface area contributed by atoms with Gasteiger partial charge in [-0.3, -0.25) is 0 Å². The monoisotopic (exact) mass is 207 g/mol. The summed E-state index contributed by atoms with van der Waals surface area (Å²) < 4.78 is 0. The van der Waals surface area contributed by atoms with E-state index >= 15 is 0 Å². The Bertz CT molecular complexity index is 327. The summed E-state index contributed by atoms with van der Waals surface area (Å²) in [5, 5.41) is 22.2.